The van der Waals surface area contributed by atoms with E-state index in [0.29, 0.717) is 28.0 Å². The van der Waals surface area contributed by atoms with Crippen molar-refractivity contribution < 1.29 is 9.66 Å². The van der Waals surface area contributed by atoms with Gasteiger partial charge in [0.2, 0.25) is 5.16 Å². The van der Waals surface area contributed by atoms with E-state index in [1.165, 1.54) is 17.9 Å². The van der Waals surface area contributed by atoms with Crippen molar-refractivity contribution in [2.45, 2.75) is 23.4 Å². The molecule has 2 rings (SSSR count). The maximum atomic E-state index is 11.1. The van der Waals surface area contributed by atoms with Crippen molar-refractivity contribution in [3.05, 3.63) is 34.1 Å². The lowest BCUT2D eigenvalue weighted by Crippen LogP contribution is -2.13. The zero-order chi connectivity index (χ0) is 14.7. The van der Waals surface area contributed by atoms with Gasteiger partial charge in [0.15, 0.2) is 5.82 Å². The zero-order valence-corrected chi connectivity index (χ0v) is 11.8. The Morgan fingerprint density at radius 1 is 1.50 bits per heavy atom. The third kappa shape index (κ3) is 2.67. The minimum absolute atomic E-state index is 0.0598. The molecular weight excluding hydrogens is 282 g/mol. The van der Waals surface area contributed by atoms with Crippen LogP contribution in [-0.2, 0) is 6.42 Å². The number of nitro benzene ring substituents is 1. The van der Waals surface area contributed by atoms with E-state index in [4.69, 9.17) is 10.6 Å². The number of nitro groups is 1. The standard InChI is InChI=1S/C11H13N5O3S/c1-3-10-13-14-11(15(10)12)20-9-5-4-7(19-2)6-8(9)16(17)18/h4-6H,3,12H2,1-2H3. The first-order valence-corrected chi connectivity index (χ1v) is 6.58. The molecule has 2 aromatic rings. The van der Waals surface area contributed by atoms with Gasteiger partial charge in [-0.3, -0.25) is 10.1 Å². The molecule has 2 N–H and O–H groups in total. The Morgan fingerprint density at radius 2 is 2.25 bits per heavy atom. The lowest BCUT2D eigenvalue weighted by atomic mass is 10.3. The van der Waals surface area contributed by atoms with Gasteiger partial charge in [0.25, 0.3) is 5.69 Å². The van der Waals surface area contributed by atoms with E-state index in [2.05, 4.69) is 10.2 Å². The predicted molar refractivity (Wildman–Crippen MR) is 73.3 cm³/mol. The number of ether oxygens (including phenoxy) is 1. The maximum absolute atomic E-state index is 11.1. The minimum atomic E-state index is -0.469. The Balaban J connectivity index is 2.37. The van der Waals surface area contributed by atoms with Crippen molar-refractivity contribution in [3.8, 4) is 5.75 Å². The molecule has 0 radical (unpaired) electrons. The van der Waals surface area contributed by atoms with Gasteiger partial charge in [-0.2, -0.15) is 0 Å². The summed E-state index contributed by atoms with van der Waals surface area (Å²) in [5.41, 5.74) is -0.0598. The molecule has 20 heavy (non-hydrogen) atoms. The fourth-order valence-corrected chi connectivity index (χ4v) is 2.43. The highest BCUT2D eigenvalue weighted by Crippen LogP contribution is 2.35. The molecule has 106 valence electrons. The molecule has 9 heteroatoms. The quantitative estimate of drug-likeness (QED) is 0.507. The summed E-state index contributed by atoms with van der Waals surface area (Å²) in [4.78, 5) is 11.0. The van der Waals surface area contributed by atoms with E-state index in [1.807, 2.05) is 6.92 Å². The Bertz CT molecular complexity index is 643. The number of benzene rings is 1. The van der Waals surface area contributed by atoms with E-state index in [1.54, 1.807) is 12.1 Å². The van der Waals surface area contributed by atoms with Gasteiger partial charge in [-0.1, -0.05) is 6.92 Å². The topological polar surface area (TPSA) is 109 Å². The Morgan fingerprint density at radius 3 is 2.80 bits per heavy atom. The number of hydrogen-bond acceptors (Lipinski definition) is 7. The molecule has 0 aliphatic carbocycles. The van der Waals surface area contributed by atoms with E-state index in [9.17, 15) is 10.1 Å². The zero-order valence-electron chi connectivity index (χ0n) is 10.9. The SMILES string of the molecule is CCc1nnc(Sc2ccc(OC)cc2[N+](=O)[O-])n1N. The number of hydrogen-bond donors (Lipinski definition) is 1. The van der Waals surface area contributed by atoms with Crippen LogP contribution in [0.15, 0.2) is 28.3 Å². The summed E-state index contributed by atoms with van der Waals surface area (Å²) in [6.45, 7) is 1.90. The lowest BCUT2D eigenvalue weighted by molar-refractivity contribution is -0.387. The average molecular weight is 295 g/mol. The highest BCUT2D eigenvalue weighted by molar-refractivity contribution is 7.99. The molecule has 0 spiro atoms. The minimum Gasteiger partial charge on any atom is -0.497 e. The average Bonchev–Trinajstić information content (AvgIpc) is 2.79. The second-order valence-corrected chi connectivity index (χ2v) is 4.82. The first-order valence-electron chi connectivity index (χ1n) is 5.76. The highest BCUT2D eigenvalue weighted by atomic mass is 32.2. The summed E-state index contributed by atoms with van der Waals surface area (Å²) in [6.07, 6.45) is 0.634. The van der Waals surface area contributed by atoms with Crippen LogP contribution < -0.4 is 10.6 Å². The van der Waals surface area contributed by atoms with Crippen LogP contribution >= 0.6 is 11.8 Å². The molecular formula is C11H13N5O3S. The molecule has 0 aliphatic rings. The first kappa shape index (κ1) is 14.1. The third-order valence-corrected chi connectivity index (χ3v) is 3.64. The van der Waals surface area contributed by atoms with Gasteiger partial charge < -0.3 is 10.6 Å². The van der Waals surface area contributed by atoms with E-state index < -0.39 is 4.92 Å². The number of nitrogen functional groups attached to an aromatic ring is 1. The largest absolute Gasteiger partial charge is 0.497 e. The highest BCUT2D eigenvalue weighted by Gasteiger charge is 2.19. The molecule has 0 saturated carbocycles. The fourth-order valence-electron chi connectivity index (χ4n) is 1.57. The smallest absolute Gasteiger partial charge is 0.287 e. The van der Waals surface area contributed by atoms with Crippen molar-refractivity contribution in [2.75, 3.05) is 13.0 Å². The summed E-state index contributed by atoms with van der Waals surface area (Å²) < 4.78 is 6.32. The monoisotopic (exact) mass is 295 g/mol. The Kier molecular flexibility index (Phi) is 4.08. The molecule has 1 aromatic heterocycles. The van der Waals surface area contributed by atoms with E-state index in [-0.39, 0.29) is 5.69 Å². The van der Waals surface area contributed by atoms with E-state index in [0.717, 1.165) is 11.8 Å². The molecule has 0 atom stereocenters. The number of methoxy groups -OCH3 is 1. The Hall–Kier alpha value is -2.29. The number of nitrogens with zero attached hydrogens (tertiary/aromatic N) is 4. The van der Waals surface area contributed by atoms with Gasteiger partial charge in [0.05, 0.1) is 23.0 Å². The van der Waals surface area contributed by atoms with Crippen molar-refractivity contribution in [1.29, 1.82) is 0 Å². The van der Waals surface area contributed by atoms with Crippen LogP contribution in [0.25, 0.3) is 0 Å². The normalized spacial score (nSPS) is 10.5. The first-order chi connectivity index (χ1) is 9.56. The molecule has 0 fully saturated rings. The maximum Gasteiger partial charge on any atom is 0.287 e. The van der Waals surface area contributed by atoms with Gasteiger partial charge in [-0.25, -0.2) is 4.68 Å². The lowest BCUT2D eigenvalue weighted by Gasteiger charge is -2.05. The number of aromatic nitrogens is 3. The van der Waals surface area contributed by atoms with Crippen molar-refractivity contribution in [1.82, 2.24) is 14.9 Å². The third-order valence-electron chi connectivity index (χ3n) is 2.62. The van der Waals surface area contributed by atoms with Crippen LogP contribution in [0.2, 0.25) is 0 Å². The molecule has 0 bridgehead atoms. The summed E-state index contributed by atoms with van der Waals surface area (Å²) in [5.74, 6) is 6.86. The van der Waals surface area contributed by atoms with Gasteiger partial charge in [0.1, 0.15) is 5.75 Å². The summed E-state index contributed by atoms with van der Waals surface area (Å²) in [6, 6.07) is 4.61. The van der Waals surface area contributed by atoms with Crippen molar-refractivity contribution in [2.24, 2.45) is 0 Å². The molecule has 0 saturated heterocycles. The van der Waals surface area contributed by atoms with Crippen LogP contribution in [0.4, 0.5) is 5.69 Å². The fraction of sp³-hybridized carbons (Fsp3) is 0.273. The van der Waals surface area contributed by atoms with Crippen LogP contribution in [-0.4, -0.2) is 26.9 Å². The molecule has 0 aliphatic heterocycles. The summed E-state index contributed by atoms with van der Waals surface area (Å²) in [5, 5.41) is 19.3. The second-order valence-electron chi connectivity index (χ2n) is 3.82. The number of aryl methyl sites for hydroxylation is 1. The number of rotatable bonds is 5. The van der Waals surface area contributed by atoms with Crippen LogP contribution in [0.1, 0.15) is 12.7 Å². The van der Waals surface area contributed by atoms with Crippen molar-refractivity contribution >= 4 is 17.4 Å². The van der Waals surface area contributed by atoms with Crippen LogP contribution in [0.5, 0.6) is 5.75 Å². The molecule has 8 nitrogen and oxygen atoms in total. The van der Waals surface area contributed by atoms with Crippen LogP contribution in [0, 0.1) is 10.1 Å². The summed E-state index contributed by atoms with van der Waals surface area (Å²) in [7, 11) is 1.45. The van der Waals surface area contributed by atoms with Crippen LogP contribution in [0.3, 0.4) is 0 Å². The summed E-state index contributed by atoms with van der Waals surface area (Å²) >= 11 is 1.09. The Labute approximate surface area is 119 Å². The van der Waals surface area contributed by atoms with E-state index >= 15 is 0 Å². The number of nitrogens with two attached hydrogens (primary N) is 1. The molecule has 1 heterocycles. The van der Waals surface area contributed by atoms with Gasteiger partial charge in [-0.05, 0) is 23.9 Å². The second kappa shape index (κ2) is 5.78. The molecule has 0 amide bonds. The van der Waals surface area contributed by atoms with Gasteiger partial charge in [-0.15, -0.1) is 10.2 Å². The van der Waals surface area contributed by atoms with Gasteiger partial charge >= 0.3 is 0 Å². The molecule has 1 aromatic carbocycles. The van der Waals surface area contributed by atoms with Gasteiger partial charge in [0, 0.05) is 6.42 Å². The predicted octanol–water partition coefficient (Wildman–Crippen LogP) is 1.62. The van der Waals surface area contributed by atoms with Crippen molar-refractivity contribution in [3.63, 3.8) is 0 Å². The molecule has 0 unspecified atom stereocenters.